The molecule has 1 heterocycles. The lowest BCUT2D eigenvalue weighted by Gasteiger charge is -2.28. The van der Waals surface area contributed by atoms with Crippen LogP contribution in [0.25, 0.3) is 56.9 Å². The zero-order valence-corrected chi connectivity index (χ0v) is 29.0. The minimum absolute atomic E-state index is 0.192. The van der Waals surface area contributed by atoms with Crippen molar-refractivity contribution >= 4 is 29.0 Å². The number of nitrogens with zero attached hydrogens (tertiary/aromatic N) is 1. The average molecular weight is 659 g/mol. The second-order valence-corrected chi connectivity index (χ2v) is 14.0. The minimum Gasteiger partial charge on any atom is -0.320 e. The second-order valence-electron chi connectivity index (χ2n) is 14.0. The first-order valence-electron chi connectivity index (χ1n) is 18.4. The predicted octanol–water partition coefficient (Wildman–Crippen LogP) is 12.2. The normalized spacial score (nSPS) is 15.7. The average Bonchev–Trinajstić information content (AvgIpc) is 3.54. The molecule has 1 atom stereocenters. The molecule has 2 N–H and O–H groups in total. The Hall–Kier alpha value is -5.70. The van der Waals surface area contributed by atoms with Crippen molar-refractivity contribution in [2.24, 2.45) is 5.73 Å². The molecule has 0 bridgehead atoms. The van der Waals surface area contributed by atoms with Crippen molar-refractivity contribution in [3.8, 4) is 27.9 Å². The van der Waals surface area contributed by atoms with E-state index in [1.54, 1.807) is 0 Å². The first kappa shape index (κ1) is 31.3. The van der Waals surface area contributed by atoms with Crippen LogP contribution < -0.4 is 5.73 Å². The highest BCUT2D eigenvalue weighted by atomic mass is 15.0. The molecule has 248 valence electrons. The van der Waals surface area contributed by atoms with Crippen molar-refractivity contribution in [3.63, 3.8) is 0 Å². The fourth-order valence-corrected chi connectivity index (χ4v) is 8.85. The van der Waals surface area contributed by atoms with Crippen LogP contribution in [0.4, 0.5) is 0 Å². The molecule has 2 heteroatoms. The van der Waals surface area contributed by atoms with Gasteiger partial charge in [-0.2, -0.15) is 0 Å². The summed E-state index contributed by atoms with van der Waals surface area (Å²) < 4.78 is 2.42. The highest BCUT2D eigenvalue weighted by molar-refractivity contribution is 6.10. The Morgan fingerprint density at radius 3 is 1.86 bits per heavy atom. The van der Waals surface area contributed by atoms with Crippen molar-refractivity contribution < 1.29 is 0 Å². The van der Waals surface area contributed by atoms with E-state index in [1.807, 2.05) is 6.08 Å². The number of nitrogens with two attached hydrogens (primary N) is 1. The fourth-order valence-electron chi connectivity index (χ4n) is 8.85. The number of rotatable bonds is 7. The van der Waals surface area contributed by atoms with Crippen molar-refractivity contribution in [2.75, 3.05) is 0 Å². The van der Waals surface area contributed by atoms with E-state index >= 15 is 0 Å². The lowest BCUT2D eigenvalue weighted by Crippen LogP contribution is -2.16. The Kier molecular flexibility index (Phi) is 8.10. The van der Waals surface area contributed by atoms with Gasteiger partial charge >= 0.3 is 0 Å². The van der Waals surface area contributed by atoms with E-state index in [-0.39, 0.29) is 6.04 Å². The van der Waals surface area contributed by atoms with Crippen LogP contribution >= 0.6 is 0 Å². The summed E-state index contributed by atoms with van der Waals surface area (Å²) in [5.41, 5.74) is 25.5. The molecule has 1 aromatic heterocycles. The first-order chi connectivity index (χ1) is 25.2. The number of para-hydroxylation sites is 1. The van der Waals surface area contributed by atoms with E-state index in [4.69, 9.17) is 5.73 Å². The maximum Gasteiger partial charge on any atom is 0.0541 e. The number of aromatic nitrogens is 1. The predicted molar refractivity (Wildman–Crippen MR) is 217 cm³/mol. The molecule has 1 unspecified atom stereocenters. The zero-order valence-electron chi connectivity index (χ0n) is 29.0. The Balaban J connectivity index is 1.27. The van der Waals surface area contributed by atoms with E-state index in [0.29, 0.717) is 0 Å². The van der Waals surface area contributed by atoms with Gasteiger partial charge in [0.25, 0.3) is 0 Å². The standard InChI is InChI=1S/C49H42N2/c1-2-44-48(49(50)35-21-11-5-12-22-35)43-32-37(28-30-45(43)51(44)38-23-13-6-14-24-38)36-27-29-41-42(31-36)47(34-19-9-4-10-20-34)40-26-16-15-25-39(40)46(41)33-17-7-3-8-18-33/h2-11,13-21,23-26,31-32,49H,1,12,22,27-30,50H2. The Bertz CT molecular complexity index is 2420. The molecule has 6 aromatic rings. The van der Waals surface area contributed by atoms with Gasteiger partial charge in [-0.1, -0.05) is 134 Å². The van der Waals surface area contributed by atoms with Gasteiger partial charge in [0.2, 0.25) is 0 Å². The van der Waals surface area contributed by atoms with Crippen molar-refractivity contribution in [1.29, 1.82) is 0 Å². The van der Waals surface area contributed by atoms with Gasteiger partial charge < -0.3 is 10.3 Å². The molecule has 0 spiro atoms. The Morgan fingerprint density at radius 1 is 0.627 bits per heavy atom. The van der Waals surface area contributed by atoms with E-state index in [2.05, 4.69) is 157 Å². The summed E-state index contributed by atoms with van der Waals surface area (Å²) in [5, 5.41) is 2.63. The topological polar surface area (TPSA) is 30.9 Å². The molecule has 5 aromatic carbocycles. The largest absolute Gasteiger partial charge is 0.320 e. The summed E-state index contributed by atoms with van der Waals surface area (Å²) in [5.74, 6) is 0. The molecular weight excluding hydrogens is 617 g/mol. The highest BCUT2D eigenvalue weighted by Crippen LogP contribution is 2.48. The molecule has 3 aliphatic carbocycles. The molecule has 0 saturated heterocycles. The summed E-state index contributed by atoms with van der Waals surface area (Å²) in [6.07, 6.45) is 19.6. The molecule has 0 saturated carbocycles. The van der Waals surface area contributed by atoms with Crippen molar-refractivity contribution in [1.82, 2.24) is 4.57 Å². The quantitative estimate of drug-likeness (QED) is 0.182. The molecule has 0 radical (unpaired) electrons. The smallest absolute Gasteiger partial charge is 0.0541 e. The highest BCUT2D eigenvalue weighted by Gasteiger charge is 2.31. The van der Waals surface area contributed by atoms with Crippen LogP contribution in [-0.4, -0.2) is 4.57 Å². The first-order valence-corrected chi connectivity index (χ1v) is 18.4. The van der Waals surface area contributed by atoms with Crippen LogP contribution in [0.5, 0.6) is 0 Å². The van der Waals surface area contributed by atoms with Gasteiger partial charge in [0.1, 0.15) is 0 Å². The molecule has 2 nitrogen and oxygen atoms in total. The molecular formula is C49H42N2. The van der Waals surface area contributed by atoms with Crippen molar-refractivity contribution in [2.45, 2.75) is 44.6 Å². The van der Waals surface area contributed by atoms with Gasteiger partial charge in [-0.15, -0.1) is 0 Å². The van der Waals surface area contributed by atoms with E-state index in [0.717, 1.165) is 49.9 Å². The van der Waals surface area contributed by atoms with Gasteiger partial charge in [-0.05, 0) is 124 Å². The van der Waals surface area contributed by atoms with E-state index in [1.165, 1.54) is 77.7 Å². The van der Waals surface area contributed by atoms with Crippen LogP contribution in [-0.2, 0) is 12.8 Å². The molecule has 3 aliphatic rings. The van der Waals surface area contributed by atoms with Gasteiger partial charge in [0.15, 0.2) is 0 Å². The summed E-state index contributed by atoms with van der Waals surface area (Å²) in [7, 11) is 0. The molecule has 0 aliphatic heterocycles. The number of hydrogen-bond donors (Lipinski definition) is 1. The monoisotopic (exact) mass is 658 g/mol. The van der Waals surface area contributed by atoms with Crippen LogP contribution in [0.1, 0.15) is 65.4 Å². The Labute approximate surface area is 301 Å². The molecule has 9 rings (SSSR count). The summed E-state index contributed by atoms with van der Waals surface area (Å²) in [6.45, 7) is 4.34. The fraction of sp³-hybridized carbons (Fsp3) is 0.143. The van der Waals surface area contributed by atoms with E-state index in [9.17, 15) is 0 Å². The number of benzene rings is 5. The molecule has 0 amide bonds. The van der Waals surface area contributed by atoms with Gasteiger partial charge in [0, 0.05) is 22.5 Å². The van der Waals surface area contributed by atoms with Crippen molar-refractivity contribution in [3.05, 3.63) is 190 Å². The lowest BCUT2D eigenvalue weighted by atomic mass is 9.76. The second kappa shape index (κ2) is 13.2. The summed E-state index contributed by atoms with van der Waals surface area (Å²) in [6, 6.07) is 41.5. The van der Waals surface area contributed by atoms with Crippen LogP contribution in [0.3, 0.4) is 0 Å². The third-order valence-electron chi connectivity index (χ3n) is 11.2. The number of fused-ring (bicyclic) bond motifs is 3. The van der Waals surface area contributed by atoms with E-state index < -0.39 is 0 Å². The van der Waals surface area contributed by atoms with Gasteiger partial charge in [-0.25, -0.2) is 0 Å². The maximum absolute atomic E-state index is 7.25. The summed E-state index contributed by atoms with van der Waals surface area (Å²) >= 11 is 0. The van der Waals surface area contributed by atoms with Crippen LogP contribution in [0, 0.1) is 0 Å². The van der Waals surface area contributed by atoms with Gasteiger partial charge in [-0.3, -0.25) is 0 Å². The Morgan fingerprint density at radius 2 is 1.22 bits per heavy atom. The molecule has 51 heavy (non-hydrogen) atoms. The van der Waals surface area contributed by atoms with Gasteiger partial charge in [0.05, 0.1) is 11.7 Å². The molecule has 0 fully saturated rings. The minimum atomic E-state index is -0.192. The zero-order chi connectivity index (χ0) is 34.3. The third kappa shape index (κ3) is 5.39. The lowest BCUT2D eigenvalue weighted by molar-refractivity contribution is 0.766. The summed E-state index contributed by atoms with van der Waals surface area (Å²) in [4.78, 5) is 0. The SMILES string of the molecule is C=Cc1c(C(N)C2=CC=CCC2)c2c(n1-c1ccccc1)CCC(C1=Cc3c(c(-c4ccccc4)c4ccccc4c3-c3ccccc3)CC1)=C2. The van der Waals surface area contributed by atoms with Crippen LogP contribution in [0.2, 0.25) is 0 Å². The maximum atomic E-state index is 7.25. The number of hydrogen-bond acceptors (Lipinski definition) is 1. The number of allylic oxidation sites excluding steroid dienone is 5. The van der Waals surface area contributed by atoms with Crippen LogP contribution in [0.15, 0.2) is 157 Å². The third-order valence-corrected chi connectivity index (χ3v) is 11.2.